The minimum absolute atomic E-state index is 0.107. The molecule has 0 radical (unpaired) electrons. The van der Waals surface area contributed by atoms with Crippen molar-refractivity contribution in [1.82, 2.24) is 20.2 Å². The van der Waals surface area contributed by atoms with E-state index in [1.165, 1.54) is 32.9 Å². The molecule has 1 aliphatic rings. The van der Waals surface area contributed by atoms with Crippen LogP contribution in [0.5, 0.6) is 0 Å². The molecule has 35 heavy (non-hydrogen) atoms. The van der Waals surface area contributed by atoms with E-state index < -0.39 is 24.0 Å². The molecule has 3 aromatic rings. The highest BCUT2D eigenvalue weighted by Crippen LogP contribution is 2.32. The molecule has 0 spiro atoms. The van der Waals surface area contributed by atoms with Gasteiger partial charge in [-0.25, -0.2) is 4.98 Å². The normalized spacial score (nSPS) is 17.3. The molecule has 3 heterocycles. The van der Waals surface area contributed by atoms with Gasteiger partial charge >= 0.3 is 0 Å². The highest BCUT2D eigenvalue weighted by Gasteiger charge is 2.38. The number of aryl methyl sites for hydroxylation is 2. The first-order valence-electron chi connectivity index (χ1n) is 11.7. The van der Waals surface area contributed by atoms with Crippen molar-refractivity contribution in [1.29, 1.82) is 0 Å². The molecule has 1 fully saturated rings. The molecule has 3 N–H and O–H groups in total. The number of benzene rings is 1. The van der Waals surface area contributed by atoms with Crippen LogP contribution in [0.25, 0.3) is 0 Å². The van der Waals surface area contributed by atoms with Crippen molar-refractivity contribution >= 4 is 23.2 Å². The highest BCUT2D eigenvalue weighted by atomic mass is 32.1. The molecule has 1 saturated heterocycles. The number of pyridine rings is 1. The van der Waals surface area contributed by atoms with Gasteiger partial charge in [-0.05, 0) is 55.0 Å². The molecule has 1 aromatic carbocycles. The largest absolute Gasteiger partial charge is 0.380 e. The Labute approximate surface area is 208 Å². The molecule has 4 rings (SSSR count). The molecule has 1 aliphatic heterocycles. The standard InChI is InChI=1S/C26H30N4O4S/c1-16-6-3-7-17(2)20(16)12-19-15-35-22(29-19)14-28-25(33)23(31)24(32)26(34)30-11-5-9-21(30)18-8-4-10-27-13-18/h3-4,6-8,10,13,15,21,23-24,31-32H,5,9,11-12,14H2,1-2H3,(H,28,33)/t21?,23-,24-/m1/s1. The van der Waals surface area contributed by atoms with Crippen LogP contribution in [-0.2, 0) is 22.6 Å². The molecule has 0 aliphatic carbocycles. The first-order valence-corrected chi connectivity index (χ1v) is 12.6. The fraction of sp³-hybridized carbons (Fsp3) is 0.385. The van der Waals surface area contributed by atoms with Crippen LogP contribution in [0.4, 0.5) is 0 Å². The summed E-state index contributed by atoms with van der Waals surface area (Å²) in [5.41, 5.74) is 5.42. The average Bonchev–Trinajstić information content (AvgIpc) is 3.54. The Balaban J connectivity index is 1.32. The van der Waals surface area contributed by atoms with Gasteiger partial charge < -0.3 is 20.4 Å². The molecule has 0 saturated carbocycles. The number of carbonyl (C=O) groups excluding carboxylic acids is 2. The number of nitrogens with one attached hydrogen (secondary N) is 1. The van der Waals surface area contributed by atoms with E-state index in [2.05, 4.69) is 41.3 Å². The molecule has 9 heteroatoms. The van der Waals surface area contributed by atoms with Crippen LogP contribution in [0.2, 0.25) is 0 Å². The summed E-state index contributed by atoms with van der Waals surface area (Å²) in [5.74, 6) is -1.47. The summed E-state index contributed by atoms with van der Waals surface area (Å²) in [6.45, 7) is 4.71. The fourth-order valence-corrected chi connectivity index (χ4v) is 5.22. The van der Waals surface area contributed by atoms with Crippen molar-refractivity contribution < 1.29 is 19.8 Å². The van der Waals surface area contributed by atoms with Crippen LogP contribution in [0.15, 0.2) is 48.1 Å². The minimum atomic E-state index is -1.87. The van der Waals surface area contributed by atoms with E-state index in [0.29, 0.717) is 18.0 Å². The number of aliphatic hydroxyl groups excluding tert-OH is 2. The van der Waals surface area contributed by atoms with Gasteiger partial charge in [-0.2, -0.15) is 0 Å². The SMILES string of the molecule is Cc1cccc(C)c1Cc1csc(CNC(=O)[C@H](O)[C@@H](O)C(=O)N2CCCC2c2cccnc2)n1. The number of amides is 2. The molecular weight excluding hydrogens is 464 g/mol. The van der Waals surface area contributed by atoms with Gasteiger partial charge in [0.05, 0.1) is 18.3 Å². The summed E-state index contributed by atoms with van der Waals surface area (Å²) < 4.78 is 0. The molecular formula is C26H30N4O4S. The van der Waals surface area contributed by atoms with Crippen LogP contribution in [0.3, 0.4) is 0 Å². The maximum absolute atomic E-state index is 12.9. The van der Waals surface area contributed by atoms with Gasteiger partial charge in [-0.3, -0.25) is 14.6 Å². The van der Waals surface area contributed by atoms with E-state index in [4.69, 9.17) is 0 Å². The van der Waals surface area contributed by atoms with Crippen LogP contribution in [-0.4, -0.2) is 55.6 Å². The maximum Gasteiger partial charge on any atom is 0.255 e. The van der Waals surface area contributed by atoms with Crippen LogP contribution >= 0.6 is 11.3 Å². The lowest BCUT2D eigenvalue weighted by atomic mass is 9.99. The van der Waals surface area contributed by atoms with E-state index in [-0.39, 0.29) is 12.6 Å². The van der Waals surface area contributed by atoms with Crippen molar-refractivity contribution in [2.75, 3.05) is 6.54 Å². The van der Waals surface area contributed by atoms with Gasteiger partial charge in [-0.15, -0.1) is 11.3 Å². The number of hydrogen-bond donors (Lipinski definition) is 3. The lowest BCUT2D eigenvalue weighted by Crippen LogP contribution is -2.50. The summed E-state index contributed by atoms with van der Waals surface area (Å²) in [7, 11) is 0. The second-order valence-electron chi connectivity index (χ2n) is 8.86. The number of carbonyl (C=O) groups is 2. The molecule has 3 atom stereocenters. The predicted molar refractivity (Wildman–Crippen MR) is 133 cm³/mol. The predicted octanol–water partition coefficient (Wildman–Crippen LogP) is 2.45. The number of likely N-dealkylation sites (tertiary alicyclic amines) is 1. The van der Waals surface area contributed by atoms with Gasteiger partial charge in [0.15, 0.2) is 12.2 Å². The van der Waals surface area contributed by atoms with Crippen molar-refractivity contribution in [2.24, 2.45) is 0 Å². The number of aliphatic hydroxyl groups is 2. The zero-order valence-corrected chi connectivity index (χ0v) is 20.7. The lowest BCUT2D eigenvalue weighted by molar-refractivity contribution is -0.153. The number of thiazole rings is 1. The van der Waals surface area contributed by atoms with Crippen molar-refractivity contribution in [2.45, 2.75) is 57.9 Å². The number of hydrogen-bond acceptors (Lipinski definition) is 7. The Hall–Kier alpha value is -3.14. The van der Waals surface area contributed by atoms with Gasteiger partial charge in [0, 0.05) is 30.7 Å². The summed E-state index contributed by atoms with van der Waals surface area (Å²) in [6, 6.07) is 9.62. The monoisotopic (exact) mass is 494 g/mol. The van der Waals surface area contributed by atoms with Gasteiger partial charge in [-0.1, -0.05) is 24.3 Å². The Kier molecular flexibility index (Phi) is 7.90. The van der Waals surface area contributed by atoms with Gasteiger partial charge in [0.2, 0.25) is 0 Å². The number of nitrogens with zero attached hydrogens (tertiary/aromatic N) is 3. The summed E-state index contributed by atoms with van der Waals surface area (Å²) in [5, 5.41) is 26.1. The molecule has 184 valence electrons. The zero-order valence-electron chi connectivity index (χ0n) is 19.8. The van der Waals surface area contributed by atoms with Crippen LogP contribution in [0.1, 0.15) is 51.8 Å². The van der Waals surface area contributed by atoms with Crippen LogP contribution in [0, 0.1) is 13.8 Å². The number of aromatic nitrogens is 2. The third-order valence-corrected chi connectivity index (χ3v) is 7.34. The van der Waals surface area contributed by atoms with Gasteiger partial charge in [0.1, 0.15) is 5.01 Å². The molecule has 2 aromatic heterocycles. The van der Waals surface area contributed by atoms with E-state index in [0.717, 1.165) is 24.1 Å². The first-order chi connectivity index (χ1) is 16.8. The van der Waals surface area contributed by atoms with E-state index >= 15 is 0 Å². The summed E-state index contributed by atoms with van der Waals surface area (Å²) in [4.78, 5) is 35.6. The maximum atomic E-state index is 12.9. The summed E-state index contributed by atoms with van der Waals surface area (Å²) in [6.07, 6.45) is 1.84. The Morgan fingerprint density at radius 2 is 1.94 bits per heavy atom. The quantitative estimate of drug-likeness (QED) is 0.443. The lowest BCUT2D eigenvalue weighted by Gasteiger charge is -2.28. The molecule has 2 amide bonds. The smallest absolute Gasteiger partial charge is 0.255 e. The zero-order chi connectivity index (χ0) is 24.9. The van der Waals surface area contributed by atoms with Crippen molar-refractivity contribution in [3.8, 4) is 0 Å². The molecule has 8 nitrogen and oxygen atoms in total. The summed E-state index contributed by atoms with van der Waals surface area (Å²) >= 11 is 1.42. The number of rotatable bonds is 8. The topological polar surface area (TPSA) is 116 Å². The van der Waals surface area contributed by atoms with Crippen LogP contribution < -0.4 is 5.32 Å². The highest BCUT2D eigenvalue weighted by molar-refractivity contribution is 7.09. The fourth-order valence-electron chi connectivity index (χ4n) is 4.49. The van der Waals surface area contributed by atoms with E-state index in [9.17, 15) is 19.8 Å². The van der Waals surface area contributed by atoms with Crippen molar-refractivity contribution in [3.63, 3.8) is 0 Å². The van der Waals surface area contributed by atoms with E-state index in [1.54, 1.807) is 18.5 Å². The Morgan fingerprint density at radius 1 is 1.17 bits per heavy atom. The molecule has 1 unspecified atom stereocenters. The Bertz CT molecular complexity index is 1160. The van der Waals surface area contributed by atoms with E-state index in [1.807, 2.05) is 17.5 Å². The third-order valence-electron chi connectivity index (χ3n) is 6.44. The van der Waals surface area contributed by atoms with Gasteiger partial charge in [0.25, 0.3) is 11.8 Å². The average molecular weight is 495 g/mol. The Morgan fingerprint density at radius 3 is 2.66 bits per heavy atom. The van der Waals surface area contributed by atoms with Crippen molar-refractivity contribution in [3.05, 3.63) is 81.1 Å². The first kappa shape index (κ1) is 25.0. The second-order valence-corrected chi connectivity index (χ2v) is 9.81. The minimum Gasteiger partial charge on any atom is -0.380 e. The third kappa shape index (κ3) is 5.75. The molecule has 0 bridgehead atoms. The second kappa shape index (κ2) is 11.1.